The molecule has 98 valence electrons. The lowest BCUT2D eigenvalue weighted by atomic mass is 10.2. The van der Waals surface area contributed by atoms with E-state index in [1.54, 1.807) is 11.8 Å². The maximum atomic E-state index is 11.4. The van der Waals surface area contributed by atoms with Crippen molar-refractivity contribution in [3.8, 4) is 0 Å². The molecule has 5 heteroatoms. The van der Waals surface area contributed by atoms with E-state index in [0.29, 0.717) is 19.7 Å². The molecule has 0 radical (unpaired) electrons. The van der Waals surface area contributed by atoms with E-state index in [4.69, 9.17) is 4.74 Å². The molecule has 0 aromatic carbocycles. The Morgan fingerprint density at radius 1 is 1.50 bits per heavy atom. The van der Waals surface area contributed by atoms with Crippen molar-refractivity contribution in [1.82, 2.24) is 9.88 Å². The van der Waals surface area contributed by atoms with Gasteiger partial charge in [0.1, 0.15) is 11.9 Å². The van der Waals surface area contributed by atoms with Crippen LogP contribution in [0.25, 0.3) is 0 Å². The Balaban J connectivity index is 2.15. The van der Waals surface area contributed by atoms with Gasteiger partial charge in [-0.2, -0.15) is 0 Å². The lowest BCUT2D eigenvalue weighted by molar-refractivity contribution is -0.136. The topological polar surface area (TPSA) is 45.7 Å². The first-order valence-corrected chi connectivity index (χ1v) is 6.09. The molecule has 1 aromatic rings. The van der Waals surface area contributed by atoms with Crippen molar-refractivity contribution in [2.24, 2.45) is 0 Å². The Bertz CT molecular complexity index is 434. The van der Waals surface area contributed by atoms with Crippen molar-refractivity contribution in [2.45, 2.75) is 13.0 Å². The molecule has 0 saturated carbocycles. The third kappa shape index (κ3) is 2.79. The van der Waals surface area contributed by atoms with Gasteiger partial charge in [0.05, 0.1) is 18.8 Å². The van der Waals surface area contributed by atoms with Gasteiger partial charge in [0.2, 0.25) is 5.91 Å². The second-order valence-electron chi connectivity index (χ2n) is 4.64. The largest absolute Gasteiger partial charge is 0.368 e. The van der Waals surface area contributed by atoms with Gasteiger partial charge in [-0.15, -0.1) is 0 Å². The Hall–Kier alpha value is -1.62. The summed E-state index contributed by atoms with van der Waals surface area (Å²) in [7, 11) is 3.91. The summed E-state index contributed by atoms with van der Waals surface area (Å²) in [5, 5.41) is 0. The molecule has 1 atom stereocenters. The number of hydrogen-bond acceptors (Lipinski definition) is 4. The van der Waals surface area contributed by atoms with Crippen molar-refractivity contribution < 1.29 is 9.53 Å². The van der Waals surface area contributed by atoms with Crippen LogP contribution in [0.5, 0.6) is 0 Å². The van der Waals surface area contributed by atoms with E-state index in [1.807, 2.05) is 37.2 Å². The Labute approximate surface area is 107 Å². The summed E-state index contributed by atoms with van der Waals surface area (Å²) in [6.07, 6.45) is -0.123. The highest BCUT2D eigenvalue weighted by atomic mass is 16.5. The molecule has 1 aliphatic heterocycles. The average molecular weight is 249 g/mol. The van der Waals surface area contributed by atoms with Gasteiger partial charge >= 0.3 is 0 Å². The van der Waals surface area contributed by atoms with Crippen LogP contribution in [0, 0.1) is 0 Å². The quantitative estimate of drug-likeness (QED) is 0.786. The fraction of sp³-hybridized carbons (Fsp3) is 0.538. The van der Waals surface area contributed by atoms with Gasteiger partial charge in [-0.05, 0) is 12.1 Å². The van der Waals surface area contributed by atoms with E-state index in [0.717, 1.165) is 11.5 Å². The molecule has 1 aromatic heterocycles. The van der Waals surface area contributed by atoms with Crippen LogP contribution in [0.15, 0.2) is 18.2 Å². The van der Waals surface area contributed by atoms with E-state index in [-0.39, 0.29) is 12.0 Å². The minimum absolute atomic E-state index is 0.0899. The molecule has 1 fully saturated rings. The van der Waals surface area contributed by atoms with Gasteiger partial charge in [-0.3, -0.25) is 4.79 Å². The third-order valence-corrected chi connectivity index (χ3v) is 3.06. The summed E-state index contributed by atoms with van der Waals surface area (Å²) in [6.45, 7) is 3.41. The molecule has 2 rings (SSSR count). The number of rotatable bonds is 2. The van der Waals surface area contributed by atoms with E-state index in [2.05, 4.69) is 4.98 Å². The van der Waals surface area contributed by atoms with E-state index < -0.39 is 0 Å². The predicted octanol–water partition coefficient (Wildman–Crippen LogP) is 1.07. The number of nitrogens with zero attached hydrogens (tertiary/aromatic N) is 3. The van der Waals surface area contributed by atoms with Gasteiger partial charge in [-0.1, -0.05) is 6.07 Å². The van der Waals surface area contributed by atoms with Gasteiger partial charge in [-0.25, -0.2) is 4.98 Å². The van der Waals surface area contributed by atoms with E-state index >= 15 is 0 Å². The van der Waals surface area contributed by atoms with Gasteiger partial charge < -0.3 is 14.5 Å². The second-order valence-corrected chi connectivity index (χ2v) is 4.64. The van der Waals surface area contributed by atoms with Crippen molar-refractivity contribution >= 4 is 11.7 Å². The fourth-order valence-electron chi connectivity index (χ4n) is 1.98. The number of pyridine rings is 1. The highest BCUT2D eigenvalue weighted by molar-refractivity contribution is 5.73. The highest BCUT2D eigenvalue weighted by Crippen LogP contribution is 2.22. The first kappa shape index (κ1) is 12.8. The number of carbonyl (C=O) groups is 1. The summed E-state index contributed by atoms with van der Waals surface area (Å²) in [4.78, 5) is 19.7. The zero-order valence-corrected chi connectivity index (χ0v) is 11.1. The third-order valence-electron chi connectivity index (χ3n) is 3.06. The summed E-state index contributed by atoms with van der Waals surface area (Å²) in [5.74, 6) is 0.989. The molecule has 0 unspecified atom stereocenters. The average Bonchev–Trinajstić information content (AvgIpc) is 2.39. The molecule has 0 aliphatic carbocycles. The zero-order valence-electron chi connectivity index (χ0n) is 11.1. The molecule has 0 N–H and O–H groups in total. The number of morpholine rings is 1. The molecule has 0 bridgehead atoms. The van der Waals surface area contributed by atoms with Gasteiger partial charge in [0, 0.05) is 27.6 Å². The van der Waals surface area contributed by atoms with Crippen LogP contribution in [0.1, 0.15) is 18.7 Å². The number of carbonyl (C=O) groups excluding carboxylic acids is 1. The van der Waals surface area contributed by atoms with Crippen LogP contribution in [-0.2, 0) is 9.53 Å². The molecule has 18 heavy (non-hydrogen) atoms. The smallest absolute Gasteiger partial charge is 0.219 e. The number of hydrogen-bond donors (Lipinski definition) is 0. The minimum atomic E-state index is -0.123. The summed E-state index contributed by atoms with van der Waals surface area (Å²) >= 11 is 0. The standard InChI is InChI=1S/C13H19N3O2/c1-10(17)16-7-8-18-12(9-16)11-5-4-6-13(14-11)15(2)3/h4-6,12H,7-9H2,1-3H3/t12-/m1/s1. The molecule has 1 saturated heterocycles. The highest BCUT2D eigenvalue weighted by Gasteiger charge is 2.24. The number of ether oxygens (including phenoxy) is 1. The van der Waals surface area contributed by atoms with Crippen LogP contribution in [0.2, 0.25) is 0 Å². The van der Waals surface area contributed by atoms with Crippen molar-refractivity contribution in [3.63, 3.8) is 0 Å². The minimum Gasteiger partial charge on any atom is -0.368 e. The van der Waals surface area contributed by atoms with Crippen LogP contribution < -0.4 is 4.90 Å². The summed E-state index contributed by atoms with van der Waals surface area (Å²) < 4.78 is 5.70. The Morgan fingerprint density at radius 3 is 2.94 bits per heavy atom. The first-order chi connectivity index (χ1) is 8.58. The van der Waals surface area contributed by atoms with E-state index in [9.17, 15) is 4.79 Å². The molecule has 1 aliphatic rings. The number of aromatic nitrogens is 1. The zero-order chi connectivity index (χ0) is 13.1. The number of amides is 1. The van der Waals surface area contributed by atoms with Crippen LogP contribution in [-0.4, -0.2) is 49.6 Å². The van der Waals surface area contributed by atoms with Crippen LogP contribution in [0.3, 0.4) is 0 Å². The van der Waals surface area contributed by atoms with Gasteiger partial charge in [0.15, 0.2) is 0 Å². The molecule has 1 amide bonds. The molecular weight excluding hydrogens is 230 g/mol. The summed E-state index contributed by atoms with van der Waals surface area (Å²) in [5.41, 5.74) is 0.882. The molecule has 0 spiro atoms. The van der Waals surface area contributed by atoms with Crippen molar-refractivity contribution in [2.75, 3.05) is 38.7 Å². The normalized spacial score (nSPS) is 19.7. The Kier molecular flexibility index (Phi) is 3.81. The lowest BCUT2D eigenvalue weighted by Crippen LogP contribution is -2.41. The molecule has 5 nitrogen and oxygen atoms in total. The van der Waals surface area contributed by atoms with E-state index in [1.165, 1.54) is 0 Å². The van der Waals surface area contributed by atoms with Crippen LogP contribution >= 0.6 is 0 Å². The fourth-order valence-corrected chi connectivity index (χ4v) is 1.98. The number of anilines is 1. The van der Waals surface area contributed by atoms with Crippen LogP contribution in [0.4, 0.5) is 5.82 Å². The lowest BCUT2D eigenvalue weighted by Gasteiger charge is -2.32. The van der Waals surface area contributed by atoms with Gasteiger partial charge in [0.25, 0.3) is 0 Å². The SMILES string of the molecule is CC(=O)N1CCO[C@@H](c2cccc(N(C)C)n2)C1. The Morgan fingerprint density at radius 2 is 2.28 bits per heavy atom. The van der Waals surface area contributed by atoms with Crippen molar-refractivity contribution in [3.05, 3.63) is 23.9 Å². The maximum absolute atomic E-state index is 11.4. The summed E-state index contributed by atoms with van der Waals surface area (Å²) in [6, 6.07) is 5.87. The second kappa shape index (κ2) is 5.35. The monoisotopic (exact) mass is 249 g/mol. The van der Waals surface area contributed by atoms with Crippen molar-refractivity contribution in [1.29, 1.82) is 0 Å². The predicted molar refractivity (Wildman–Crippen MR) is 69.5 cm³/mol. The maximum Gasteiger partial charge on any atom is 0.219 e. The molecular formula is C13H19N3O2. The molecule has 2 heterocycles. The first-order valence-electron chi connectivity index (χ1n) is 6.09.